The van der Waals surface area contributed by atoms with Gasteiger partial charge in [-0.15, -0.1) is 5.10 Å². The second kappa shape index (κ2) is 8.78. The van der Waals surface area contributed by atoms with Gasteiger partial charge in [-0.2, -0.15) is 0 Å². The van der Waals surface area contributed by atoms with E-state index in [-0.39, 0.29) is 30.2 Å². The maximum Gasteiger partial charge on any atom is 0.248 e. The fourth-order valence-electron chi connectivity index (χ4n) is 2.06. The lowest BCUT2D eigenvalue weighted by atomic mass is 10.2. The Balaban J connectivity index is 1.80. The van der Waals surface area contributed by atoms with Crippen LogP contribution in [-0.4, -0.2) is 40.2 Å². The Morgan fingerprint density at radius 1 is 1.25 bits per heavy atom. The Morgan fingerprint density at radius 3 is 2.71 bits per heavy atom. The molecule has 1 unspecified atom stereocenters. The van der Waals surface area contributed by atoms with Crippen LogP contribution in [0.5, 0.6) is 0 Å². The van der Waals surface area contributed by atoms with Gasteiger partial charge < -0.3 is 10.6 Å². The van der Waals surface area contributed by atoms with E-state index in [2.05, 4.69) is 26.0 Å². The highest BCUT2D eigenvalue weighted by Gasteiger charge is 2.14. The number of aromatic nitrogens is 3. The number of hydrogen-bond donors (Lipinski definition) is 3. The van der Waals surface area contributed by atoms with E-state index in [0.717, 1.165) is 5.56 Å². The molecule has 1 aromatic carbocycles. The van der Waals surface area contributed by atoms with Gasteiger partial charge in [-0.3, -0.25) is 14.9 Å². The molecule has 2 amide bonds. The molecule has 0 fully saturated rings. The summed E-state index contributed by atoms with van der Waals surface area (Å²) in [6.45, 7) is 2.87. The largest absolute Gasteiger partial charge is 0.350 e. The molecule has 0 aliphatic carbocycles. The number of carbonyl (C=O) groups excluding carboxylic acids is 2. The van der Waals surface area contributed by atoms with Crippen molar-refractivity contribution >= 4 is 17.8 Å². The molecule has 0 aliphatic heterocycles. The summed E-state index contributed by atoms with van der Waals surface area (Å²) in [6.07, 6.45) is 1.42. The highest BCUT2D eigenvalue weighted by atomic mass is 16.2. The highest BCUT2D eigenvalue weighted by Crippen LogP contribution is 2.02. The number of carbonyl (C=O) groups is 2. The van der Waals surface area contributed by atoms with Crippen molar-refractivity contribution in [2.24, 2.45) is 5.92 Å². The summed E-state index contributed by atoms with van der Waals surface area (Å²) in [6, 6.07) is 9.64. The minimum atomic E-state index is -0.198. The molecular formula is C16H22N6O2. The summed E-state index contributed by atoms with van der Waals surface area (Å²) in [5.41, 5.74) is 1.02. The Labute approximate surface area is 140 Å². The number of nitrogens with one attached hydrogen (secondary N) is 3. The van der Waals surface area contributed by atoms with Crippen molar-refractivity contribution < 1.29 is 9.59 Å². The Morgan fingerprint density at radius 2 is 2.00 bits per heavy atom. The standard InChI is InChI=1S/C16H22N6O2/c1-12(8-17-2)15(24)20-16-19-11-22(21-16)10-14(23)18-9-13-6-4-3-5-7-13/h3-7,11-12,17H,8-10H2,1-2H3,(H,18,23)(H,20,21,24). The Hall–Kier alpha value is -2.74. The van der Waals surface area contributed by atoms with Crippen LogP contribution >= 0.6 is 0 Å². The van der Waals surface area contributed by atoms with E-state index < -0.39 is 0 Å². The number of rotatable bonds is 8. The summed E-state index contributed by atoms with van der Waals surface area (Å²) < 4.78 is 1.39. The van der Waals surface area contributed by atoms with E-state index in [0.29, 0.717) is 13.1 Å². The molecule has 2 aromatic rings. The van der Waals surface area contributed by atoms with Gasteiger partial charge in [0.25, 0.3) is 0 Å². The maximum atomic E-state index is 11.9. The van der Waals surface area contributed by atoms with Crippen molar-refractivity contribution in [3.63, 3.8) is 0 Å². The SMILES string of the molecule is CNCC(C)C(=O)Nc1ncn(CC(=O)NCc2ccccc2)n1. The lowest BCUT2D eigenvalue weighted by Gasteiger charge is -2.08. The van der Waals surface area contributed by atoms with Gasteiger partial charge in [0, 0.05) is 19.0 Å². The van der Waals surface area contributed by atoms with Crippen molar-refractivity contribution in [3.05, 3.63) is 42.2 Å². The molecule has 0 aliphatic rings. The van der Waals surface area contributed by atoms with E-state index in [1.165, 1.54) is 11.0 Å². The molecule has 8 heteroatoms. The third-order valence-corrected chi connectivity index (χ3v) is 3.37. The molecule has 128 valence electrons. The number of anilines is 1. The van der Waals surface area contributed by atoms with E-state index in [9.17, 15) is 9.59 Å². The molecule has 0 saturated carbocycles. The van der Waals surface area contributed by atoms with E-state index in [1.54, 1.807) is 14.0 Å². The summed E-state index contributed by atoms with van der Waals surface area (Å²) in [5, 5.41) is 12.4. The van der Waals surface area contributed by atoms with Crippen molar-refractivity contribution in [1.29, 1.82) is 0 Å². The van der Waals surface area contributed by atoms with Gasteiger partial charge in [0.2, 0.25) is 17.8 Å². The van der Waals surface area contributed by atoms with Gasteiger partial charge in [-0.1, -0.05) is 37.3 Å². The van der Waals surface area contributed by atoms with Crippen molar-refractivity contribution in [3.8, 4) is 0 Å². The molecule has 1 heterocycles. The number of hydrogen-bond acceptors (Lipinski definition) is 5. The second-order valence-electron chi connectivity index (χ2n) is 5.48. The first-order chi connectivity index (χ1) is 11.6. The quantitative estimate of drug-likeness (QED) is 0.650. The van der Waals surface area contributed by atoms with Crippen LogP contribution in [0, 0.1) is 5.92 Å². The molecule has 1 aromatic heterocycles. The fraction of sp³-hybridized carbons (Fsp3) is 0.375. The first-order valence-electron chi connectivity index (χ1n) is 7.74. The zero-order valence-corrected chi connectivity index (χ0v) is 13.8. The van der Waals surface area contributed by atoms with E-state index in [1.807, 2.05) is 30.3 Å². The van der Waals surface area contributed by atoms with Crippen LogP contribution in [0.4, 0.5) is 5.95 Å². The predicted octanol–water partition coefficient (Wildman–Crippen LogP) is 0.389. The van der Waals surface area contributed by atoms with Crippen molar-refractivity contribution in [1.82, 2.24) is 25.4 Å². The molecule has 0 bridgehead atoms. The average Bonchev–Trinajstić information content (AvgIpc) is 3.01. The second-order valence-corrected chi connectivity index (χ2v) is 5.48. The van der Waals surface area contributed by atoms with Crippen LogP contribution in [0.3, 0.4) is 0 Å². The van der Waals surface area contributed by atoms with Gasteiger partial charge in [0.1, 0.15) is 12.9 Å². The average molecular weight is 330 g/mol. The molecule has 3 N–H and O–H groups in total. The minimum absolute atomic E-state index is 0.0434. The predicted molar refractivity (Wildman–Crippen MR) is 90.0 cm³/mol. The number of nitrogens with zero attached hydrogens (tertiary/aromatic N) is 3. The lowest BCUT2D eigenvalue weighted by Crippen LogP contribution is -2.29. The first kappa shape index (κ1) is 17.6. The van der Waals surface area contributed by atoms with Crippen LogP contribution in [0.15, 0.2) is 36.7 Å². The topological polar surface area (TPSA) is 101 Å². The van der Waals surface area contributed by atoms with Gasteiger partial charge >= 0.3 is 0 Å². The smallest absolute Gasteiger partial charge is 0.248 e. The zero-order valence-electron chi connectivity index (χ0n) is 13.8. The number of benzene rings is 1. The zero-order chi connectivity index (χ0) is 17.4. The minimum Gasteiger partial charge on any atom is -0.350 e. The van der Waals surface area contributed by atoms with Crippen molar-refractivity contribution in [2.75, 3.05) is 18.9 Å². The normalized spacial score (nSPS) is 11.8. The molecule has 8 nitrogen and oxygen atoms in total. The Bertz CT molecular complexity index is 670. The summed E-state index contributed by atoms with van der Waals surface area (Å²) in [5.74, 6) is -0.351. The lowest BCUT2D eigenvalue weighted by molar-refractivity contribution is -0.122. The van der Waals surface area contributed by atoms with Gasteiger partial charge in [-0.05, 0) is 12.6 Å². The molecular weight excluding hydrogens is 308 g/mol. The van der Waals surface area contributed by atoms with Crippen LogP contribution in [0.2, 0.25) is 0 Å². The summed E-state index contributed by atoms with van der Waals surface area (Å²) in [4.78, 5) is 27.8. The highest BCUT2D eigenvalue weighted by molar-refractivity contribution is 5.90. The first-order valence-corrected chi connectivity index (χ1v) is 7.74. The third kappa shape index (κ3) is 5.47. The maximum absolute atomic E-state index is 11.9. The molecule has 2 rings (SSSR count). The van der Waals surface area contributed by atoms with Crippen molar-refractivity contribution in [2.45, 2.75) is 20.0 Å². The monoisotopic (exact) mass is 330 g/mol. The van der Waals surface area contributed by atoms with E-state index in [4.69, 9.17) is 0 Å². The summed E-state index contributed by atoms with van der Waals surface area (Å²) in [7, 11) is 1.78. The van der Waals surface area contributed by atoms with Gasteiger partial charge in [0.05, 0.1) is 0 Å². The van der Waals surface area contributed by atoms with Gasteiger partial charge in [-0.25, -0.2) is 9.67 Å². The molecule has 0 radical (unpaired) electrons. The fourth-order valence-corrected chi connectivity index (χ4v) is 2.06. The molecule has 24 heavy (non-hydrogen) atoms. The van der Waals surface area contributed by atoms with Crippen LogP contribution in [0.1, 0.15) is 12.5 Å². The Kier molecular flexibility index (Phi) is 6.44. The molecule has 0 spiro atoms. The van der Waals surface area contributed by atoms with Crippen LogP contribution in [-0.2, 0) is 22.7 Å². The summed E-state index contributed by atoms with van der Waals surface area (Å²) >= 11 is 0. The van der Waals surface area contributed by atoms with E-state index >= 15 is 0 Å². The van der Waals surface area contributed by atoms with Crippen LogP contribution < -0.4 is 16.0 Å². The van der Waals surface area contributed by atoms with Gasteiger partial charge in [0.15, 0.2) is 0 Å². The number of amides is 2. The van der Waals surface area contributed by atoms with Crippen LogP contribution in [0.25, 0.3) is 0 Å². The molecule has 0 saturated heterocycles. The molecule has 1 atom stereocenters. The third-order valence-electron chi connectivity index (χ3n) is 3.37.